The fourth-order valence-electron chi connectivity index (χ4n) is 5.02. The number of benzene rings is 2. The van der Waals surface area contributed by atoms with Crippen molar-refractivity contribution in [3.05, 3.63) is 113 Å². The molecule has 6 rings (SSSR count). The highest BCUT2D eigenvalue weighted by Crippen LogP contribution is 2.46. The maximum atomic E-state index is 14.2. The van der Waals surface area contributed by atoms with Crippen LogP contribution in [0.3, 0.4) is 0 Å². The summed E-state index contributed by atoms with van der Waals surface area (Å²) in [7, 11) is 0. The van der Waals surface area contributed by atoms with Gasteiger partial charge in [-0.05, 0) is 44.0 Å². The van der Waals surface area contributed by atoms with Gasteiger partial charge in [-0.15, -0.1) is 23.1 Å². The summed E-state index contributed by atoms with van der Waals surface area (Å²) in [5, 5.41) is 2.93. The predicted molar refractivity (Wildman–Crippen MR) is 169 cm³/mol. The molecule has 2 aliphatic heterocycles. The summed E-state index contributed by atoms with van der Waals surface area (Å²) in [6.45, 7) is 5.26. The summed E-state index contributed by atoms with van der Waals surface area (Å²) in [5.41, 5.74) is 2.52. The van der Waals surface area contributed by atoms with Gasteiger partial charge in [0.1, 0.15) is 27.7 Å². The van der Waals surface area contributed by atoms with Crippen molar-refractivity contribution in [2.24, 2.45) is 0 Å². The van der Waals surface area contributed by atoms with E-state index in [4.69, 9.17) is 9.47 Å². The number of ether oxygens (including phenoxy) is 2. The van der Waals surface area contributed by atoms with Crippen molar-refractivity contribution >= 4 is 46.6 Å². The SMILES string of the molecule is CC(C)(C)OC(=O)NC1C(=O)N2C(C(=O)OC(c3ccccc3)c3ccccc3)=C(c3cnc(-c4cccnc4)s3)CSC12. The molecule has 0 saturated carbocycles. The smallest absolute Gasteiger partial charge is 0.408 e. The molecule has 1 saturated heterocycles. The third-order valence-electron chi connectivity index (χ3n) is 6.98. The third-order valence-corrected chi connectivity index (χ3v) is 9.36. The van der Waals surface area contributed by atoms with E-state index >= 15 is 0 Å². The monoisotopic (exact) mass is 626 g/mol. The number of alkyl carbamates (subject to hydrolysis) is 1. The lowest BCUT2D eigenvalue weighted by Crippen LogP contribution is -2.70. The lowest BCUT2D eigenvalue weighted by Gasteiger charge is -2.49. The van der Waals surface area contributed by atoms with Crippen molar-refractivity contribution in [3.8, 4) is 10.6 Å². The van der Waals surface area contributed by atoms with Crippen LogP contribution in [0.1, 0.15) is 42.9 Å². The minimum atomic E-state index is -0.842. The zero-order valence-electron chi connectivity index (χ0n) is 24.3. The Hall–Kier alpha value is -4.48. The van der Waals surface area contributed by atoms with Crippen molar-refractivity contribution in [2.45, 2.75) is 43.9 Å². The number of nitrogens with zero attached hydrogens (tertiary/aromatic N) is 3. The molecule has 11 heteroatoms. The van der Waals surface area contributed by atoms with Crippen LogP contribution in [-0.2, 0) is 19.1 Å². The Morgan fingerprint density at radius 3 is 2.27 bits per heavy atom. The fraction of sp³-hybridized carbons (Fsp3) is 0.242. The fourth-order valence-corrected chi connectivity index (χ4v) is 7.42. The highest BCUT2D eigenvalue weighted by Gasteiger charge is 2.55. The first-order chi connectivity index (χ1) is 21.2. The van der Waals surface area contributed by atoms with E-state index in [-0.39, 0.29) is 5.70 Å². The number of amides is 2. The summed E-state index contributed by atoms with van der Waals surface area (Å²) in [6, 6.07) is 21.9. The Labute approximate surface area is 263 Å². The highest BCUT2D eigenvalue weighted by atomic mass is 32.2. The molecule has 2 amide bonds. The van der Waals surface area contributed by atoms with Gasteiger partial charge >= 0.3 is 12.1 Å². The molecule has 2 unspecified atom stereocenters. The molecule has 9 nitrogen and oxygen atoms in total. The maximum absolute atomic E-state index is 14.2. The van der Waals surface area contributed by atoms with Crippen LogP contribution in [0, 0.1) is 0 Å². The molecule has 0 bridgehead atoms. The van der Waals surface area contributed by atoms with E-state index in [2.05, 4.69) is 15.3 Å². The number of rotatable bonds is 7. The molecular weight excluding hydrogens is 597 g/mol. The number of aromatic nitrogens is 2. The van der Waals surface area contributed by atoms with Crippen molar-refractivity contribution in [2.75, 3.05) is 5.75 Å². The van der Waals surface area contributed by atoms with Crippen LogP contribution in [-0.4, -0.2) is 55.6 Å². The van der Waals surface area contributed by atoms with Gasteiger partial charge < -0.3 is 14.8 Å². The van der Waals surface area contributed by atoms with Crippen molar-refractivity contribution < 1.29 is 23.9 Å². The van der Waals surface area contributed by atoms with Crippen LogP contribution in [0.25, 0.3) is 16.1 Å². The quantitative estimate of drug-likeness (QED) is 0.195. The van der Waals surface area contributed by atoms with E-state index in [0.717, 1.165) is 26.6 Å². The van der Waals surface area contributed by atoms with Gasteiger partial charge in [0.15, 0.2) is 6.10 Å². The molecule has 1 N–H and O–H groups in total. The third kappa shape index (κ3) is 6.11. The van der Waals surface area contributed by atoms with E-state index in [1.165, 1.54) is 28.0 Å². The van der Waals surface area contributed by atoms with Crippen LogP contribution in [0.15, 0.2) is 97.1 Å². The first-order valence-electron chi connectivity index (χ1n) is 14.0. The van der Waals surface area contributed by atoms with E-state index in [9.17, 15) is 14.4 Å². The Bertz CT molecular complexity index is 1660. The number of hydrogen-bond donors (Lipinski definition) is 1. The topological polar surface area (TPSA) is 111 Å². The Kier molecular flexibility index (Phi) is 8.24. The summed E-state index contributed by atoms with van der Waals surface area (Å²) in [6.07, 6.45) is 3.74. The molecule has 1 fully saturated rings. The summed E-state index contributed by atoms with van der Waals surface area (Å²) < 4.78 is 11.6. The number of carbonyl (C=O) groups excluding carboxylic acids is 3. The van der Waals surface area contributed by atoms with E-state index in [1.807, 2.05) is 72.8 Å². The van der Waals surface area contributed by atoms with Crippen molar-refractivity contribution in [1.82, 2.24) is 20.2 Å². The van der Waals surface area contributed by atoms with Gasteiger partial charge in [0.05, 0.1) is 4.88 Å². The van der Waals surface area contributed by atoms with Gasteiger partial charge in [-0.3, -0.25) is 14.7 Å². The van der Waals surface area contributed by atoms with Crippen LogP contribution >= 0.6 is 23.1 Å². The number of fused-ring (bicyclic) bond motifs is 1. The number of carbonyl (C=O) groups is 3. The zero-order valence-corrected chi connectivity index (χ0v) is 25.9. The second kappa shape index (κ2) is 12.3. The number of hydrogen-bond acceptors (Lipinski definition) is 9. The normalized spacial score (nSPS) is 18.0. The minimum absolute atomic E-state index is 0.152. The van der Waals surface area contributed by atoms with E-state index in [0.29, 0.717) is 11.3 Å². The molecule has 0 aliphatic carbocycles. The Morgan fingerprint density at radius 1 is 0.977 bits per heavy atom. The molecule has 2 aliphatic rings. The number of thioether (sulfide) groups is 1. The summed E-state index contributed by atoms with van der Waals surface area (Å²) >= 11 is 2.88. The van der Waals surface area contributed by atoms with E-state index in [1.54, 1.807) is 39.4 Å². The van der Waals surface area contributed by atoms with E-state index < -0.39 is 41.1 Å². The van der Waals surface area contributed by atoms with Crippen LogP contribution in [0.4, 0.5) is 4.79 Å². The van der Waals surface area contributed by atoms with Gasteiger partial charge in [0.2, 0.25) is 0 Å². The molecule has 0 spiro atoms. The van der Waals surface area contributed by atoms with Gasteiger partial charge in [-0.25, -0.2) is 14.6 Å². The predicted octanol–water partition coefficient (Wildman–Crippen LogP) is 6.06. The molecular formula is C33H30N4O5S2. The number of nitrogens with one attached hydrogen (secondary N) is 1. The van der Waals surface area contributed by atoms with Gasteiger partial charge in [-0.1, -0.05) is 60.7 Å². The average Bonchev–Trinajstić information content (AvgIpc) is 3.52. The standard InChI is InChI=1S/C33H30N4O5S2/c1-33(2,3)42-32(40)36-25-29(38)37-26(31(39)41-27(20-11-6-4-7-12-20)21-13-8-5-9-14-21)23(19-43-30(25)37)24-18-35-28(44-24)22-15-10-16-34-17-22/h4-18,25,27,30H,19H2,1-3H3,(H,36,40). The molecule has 2 aromatic carbocycles. The van der Waals surface area contributed by atoms with Gasteiger partial charge in [-0.2, -0.15) is 0 Å². The number of thiazole rings is 1. The molecule has 44 heavy (non-hydrogen) atoms. The van der Waals surface area contributed by atoms with Crippen LogP contribution in [0.5, 0.6) is 0 Å². The van der Waals surface area contributed by atoms with Crippen LogP contribution < -0.4 is 5.32 Å². The van der Waals surface area contributed by atoms with Gasteiger partial charge in [0, 0.05) is 35.5 Å². The molecule has 2 aromatic heterocycles. The maximum Gasteiger partial charge on any atom is 0.408 e. The van der Waals surface area contributed by atoms with Crippen LogP contribution in [0.2, 0.25) is 0 Å². The van der Waals surface area contributed by atoms with Crippen molar-refractivity contribution in [1.29, 1.82) is 0 Å². The first-order valence-corrected chi connectivity index (χ1v) is 15.9. The average molecular weight is 627 g/mol. The molecule has 4 heterocycles. The molecule has 0 radical (unpaired) electrons. The second-order valence-corrected chi connectivity index (χ2v) is 13.4. The number of esters is 1. The van der Waals surface area contributed by atoms with Crippen molar-refractivity contribution in [3.63, 3.8) is 0 Å². The Balaban J connectivity index is 1.36. The molecule has 2 atom stereocenters. The number of β-lactam (4-membered cyclic amide) rings is 1. The largest absolute Gasteiger partial charge is 0.448 e. The highest BCUT2D eigenvalue weighted by molar-refractivity contribution is 8.00. The Morgan fingerprint density at radius 2 is 1.66 bits per heavy atom. The van der Waals surface area contributed by atoms with Gasteiger partial charge in [0.25, 0.3) is 5.91 Å². The lowest BCUT2D eigenvalue weighted by atomic mass is 10.0. The number of pyridine rings is 1. The summed E-state index contributed by atoms with van der Waals surface area (Å²) in [5.74, 6) is -0.643. The molecule has 224 valence electrons. The summed E-state index contributed by atoms with van der Waals surface area (Å²) in [4.78, 5) is 51.4. The zero-order chi connectivity index (χ0) is 30.8. The lowest BCUT2D eigenvalue weighted by molar-refractivity contribution is -0.153. The first kappa shape index (κ1) is 29.6. The molecule has 4 aromatic rings. The second-order valence-electron chi connectivity index (χ2n) is 11.2. The minimum Gasteiger partial charge on any atom is -0.448 e.